The minimum Gasteiger partial charge on any atom is -0.550 e. The van der Waals surface area contributed by atoms with Crippen molar-refractivity contribution >= 4 is 29.4 Å². The summed E-state index contributed by atoms with van der Waals surface area (Å²) in [6, 6.07) is 3.45. The van der Waals surface area contributed by atoms with Gasteiger partial charge in [0.15, 0.2) is 6.04 Å². The highest BCUT2D eigenvalue weighted by Gasteiger charge is 2.24. The normalized spacial score (nSPS) is 11.4. The molecule has 8 heteroatoms. The maximum Gasteiger partial charge on any atom is 0.333 e. The fourth-order valence-corrected chi connectivity index (χ4v) is 1.97. The van der Waals surface area contributed by atoms with E-state index in [-0.39, 0.29) is 11.4 Å². The van der Waals surface area contributed by atoms with Gasteiger partial charge in [-0.2, -0.15) is 0 Å². The smallest absolute Gasteiger partial charge is 0.333 e. The molecule has 22 heavy (non-hydrogen) atoms. The Bertz CT molecular complexity index is 574. The maximum atomic E-state index is 11.8. The summed E-state index contributed by atoms with van der Waals surface area (Å²) in [5.74, 6) is -2.26. The molecule has 1 aromatic rings. The number of benzene rings is 1. The van der Waals surface area contributed by atoms with Crippen molar-refractivity contribution in [3.63, 3.8) is 0 Å². The lowest BCUT2D eigenvalue weighted by Crippen LogP contribution is -2.35. The fourth-order valence-electron chi connectivity index (χ4n) is 1.71. The average Bonchev–Trinajstić information content (AvgIpc) is 2.49. The van der Waals surface area contributed by atoms with E-state index in [0.717, 1.165) is 0 Å². The van der Waals surface area contributed by atoms with E-state index in [0.29, 0.717) is 11.3 Å². The van der Waals surface area contributed by atoms with Gasteiger partial charge in [-0.15, -0.1) is 0 Å². The average molecular weight is 329 g/mol. The predicted octanol–water partition coefficient (Wildman–Crippen LogP) is 0.209. The number of ether oxygens (including phenoxy) is 2. The van der Waals surface area contributed by atoms with Gasteiger partial charge in [0.25, 0.3) is 0 Å². The first kappa shape index (κ1) is 17.8. The zero-order valence-electron chi connectivity index (χ0n) is 12.1. The summed E-state index contributed by atoms with van der Waals surface area (Å²) in [6.45, 7) is 0. The molecule has 0 unspecified atom stereocenters. The molecule has 0 heterocycles. The van der Waals surface area contributed by atoms with Crippen LogP contribution in [0.3, 0.4) is 0 Å². The van der Waals surface area contributed by atoms with Crippen LogP contribution in [0.4, 0.5) is 0 Å². The zero-order valence-corrected chi connectivity index (χ0v) is 12.8. The first-order valence-corrected chi connectivity index (χ1v) is 6.67. The molecule has 0 fully saturated rings. The topological polar surface area (TPSA) is 105 Å². The first-order valence-electron chi connectivity index (χ1n) is 6.29. The number of amides is 1. The van der Waals surface area contributed by atoms with Gasteiger partial charge in [0.1, 0.15) is 5.75 Å². The molecule has 0 aliphatic heterocycles. The van der Waals surface area contributed by atoms with Gasteiger partial charge in [-0.25, -0.2) is 4.79 Å². The summed E-state index contributed by atoms with van der Waals surface area (Å²) in [7, 11) is 2.62. The molecule has 1 rings (SSSR count). The van der Waals surface area contributed by atoms with Gasteiger partial charge in [0, 0.05) is 12.4 Å². The number of carboxylic acids is 1. The van der Waals surface area contributed by atoms with Gasteiger partial charge in [0.05, 0.1) is 19.2 Å². The number of esters is 1. The van der Waals surface area contributed by atoms with Crippen LogP contribution < -0.4 is 15.2 Å². The van der Waals surface area contributed by atoms with Crippen LogP contribution in [0.25, 0.3) is 0 Å². The number of carbonyl (C=O) groups is 3. The van der Waals surface area contributed by atoms with Gasteiger partial charge in [-0.05, 0) is 24.1 Å². The summed E-state index contributed by atoms with van der Waals surface area (Å²) in [6.07, 6.45) is -0.747. The molecule has 0 radical (unpaired) electrons. The Morgan fingerprint density at radius 3 is 2.45 bits per heavy atom. The summed E-state index contributed by atoms with van der Waals surface area (Å²) < 4.78 is 9.64. The van der Waals surface area contributed by atoms with E-state index in [2.05, 4.69) is 10.1 Å². The lowest BCUT2D eigenvalue weighted by Gasteiger charge is -2.18. The summed E-state index contributed by atoms with van der Waals surface area (Å²) in [5.41, 5.74) is 0.388. The highest BCUT2D eigenvalue weighted by molar-refractivity contribution is 6.32. The Balaban J connectivity index is 2.93. The molecule has 0 aromatic heterocycles. The number of nitrogens with one attached hydrogen (secondary N) is 1. The van der Waals surface area contributed by atoms with Crippen molar-refractivity contribution in [2.24, 2.45) is 0 Å². The van der Waals surface area contributed by atoms with Crippen molar-refractivity contribution in [1.82, 2.24) is 5.32 Å². The fraction of sp³-hybridized carbons (Fsp3) is 0.357. The van der Waals surface area contributed by atoms with E-state index in [9.17, 15) is 19.5 Å². The van der Waals surface area contributed by atoms with Crippen molar-refractivity contribution in [2.45, 2.75) is 18.9 Å². The van der Waals surface area contributed by atoms with Crippen LogP contribution in [0, 0.1) is 0 Å². The quantitative estimate of drug-likeness (QED) is 0.717. The third kappa shape index (κ3) is 4.92. The van der Waals surface area contributed by atoms with E-state index < -0.39 is 30.3 Å². The number of rotatable bonds is 7. The second-order valence-electron chi connectivity index (χ2n) is 4.29. The van der Waals surface area contributed by atoms with Crippen molar-refractivity contribution in [2.75, 3.05) is 14.2 Å². The third-order valence-electron chi connectivity index (χ3n) is 2.81. The van der Waals surface area contributed by atoms with Crippen LogP contribution in [0.5, 0.6) is 5.75 Å². The number of halogens is 1. The van der Waals surface area contributed by atoms with Crippen LogP contribution in [0.1, 0.15) is 24.4 Å². The number of aliphatic carboxylic acids is 1. The van der Waals surface area contributed by atoms with Crippen LogP contribution in [0.15, 0.2) is 18.2 Å². The molecular weight excluding hydrogens is 314 g/mol. The first-order chi connectivity index (χ1) is 10.4. The van der Waals surface area contributed by atoms with Crippen molar-refractivity contribution in [3.8, 4) is 5.75 Å². The Labute approximate surface area is 132 Å². The molecule has 0 bridgehead atoms. The van der Waals surface area contributed by atoms with Crippen LogP contribution >= 0.6 is 11.6 Å². The molecule has 0 saturated heterocycles. The minimum atomic E-state index is -1.35. The molecule has 1 N–H and O–H groups in total. The van der Waals surface area contributed by atoms with Crippen LogP contribution in [0.2, 0.25) is 5.02 Å². The van der Waals surface area contributed by atoms with E-state index in [1.54, 1.807) is 12.1 Å². The van der Waals surface area contributed by atoms with E-state index in [1.165, 1.54) is 20.3 Å². The monoisotopic (exact) mass is 328 g/mol. The standard InChI is InChI=1S/C14H16ClNO6/c1-21-10-4-3-8(7-9(10)15)13(14(20)22-2)16-11(17)5-6-12(18)19/h3-4,7,13H,5-6H2,1-2H3,(H,16,17)(H,18,19)/p-1/t13-/m1/s1. The molecular formula is C14H15ClNO6-. The van der Waals surface area contributed by atoms with Crippen molar-refractivity contribution in [3.05, 3.63) is 28.8 Å². The lowest BCUT2D eigenvalue weighted by atomic mass is 10.1. The SMILES string of the molecule is COC(=O)[C@H](NC(=O)CCC(=O)[O-])c1ccc(OC)c(Cl)c1. The van der Waals surface area contributed by atoms with E-state index in [4.69, 9.17) is 16.3 Å². The van der Waals surface area contributed by atoms with Crippen LogP contribution in [-0.4, -0.2) is 32.1 Å². The van der Waals surface area contributed by atoms with Gasteiger partial charge in [-0.3, -0.25) is 4.79 Å². The Morgan fingerprint density at radius 2 is 1.95 bits per heavy atom. The largest absolute Gasteiger partial charge is 0.550 e. The molecule has 1 aromatic carbocycles. The van der Waals surface area contributed by atoms with Gasteiger partial charge in [0.2, 0.25) is 5.91 Å². The number of carboxylic acid groups (broad SMARTS) is 1. The number of carbonyl (C=O) groups excluding carboxylic acids is 3. The second kappa shape index (κ2) is 8.23. The minimum absolute atomic E-state index is 0.262. The molecule has 0 saturated carbocycles. The van der Waals surface area contributed by atoms with Gasteiger partial charge < -0.3 is 24.7 Å². The summed E-state index contributed by atoms with van der Waals surface area (Å²) >= 11 is 5.98. The summed E-state index contributed by atoms with van der Waals surface area (Å²) in [4.78, 5) is 33.9. The van der Waals surface area contributed by atoms with Gasteiger partial charge in [-0.1, -0.05) is 17.7 Å². The van der Waals surface area contributed by atoms with Crippen molar-refractivity contribution in [1.29, 1.82) is 0 Å². The van der Waals surface area contributed by atoms with Crippen LogP contribution in [-0.2, 0) is 19.1 Å². The molecule has 1 atom stereocenters. The lowest BCUT2D eigenvalue weighted by molar-refractivity contribution is -0.305. The Morgan fingerprint density at radius 1 is 1.27 bits per heavy atom. The molecule has 7 nitrogen and oxygen atoms in total. The highest BCUT2D eigenvalue weighted by Crippen LogP contribution is 2.28. The maximum absolute atomic E-state index is 11.8. The summed E-state index contributed by atoms with van der Waals surface area (Å²) in [5, 5.41) is 13.0. The molecule has 0 spiro atoms. The van der Waals surface area contributed by atoms with E-state index in [1.807, 2.05) is 0 Å². The van der Waals surface area contributed by atoms with Crippen molar-refractivity contribution < 1.29 is 29.0 Å². The Kier molecular flexibility index (Phi) is 6.65. The molecule has 0 aliphatic rings. The molecule has 0 aliphatic carbocycles. The Hall–Kier alpha value is -2.28. The third-order valence-corrected chi connectivity index (χ3v) is 3.10. The second-order valence-corrected chi connectivity index (χ2v) is 4.70. The number of hydrogen-bond acceptors (Lipinski definition) is 6. The highest BCUT2D eigenvalue weighted by atomic mass is 35.5. The van der Waals surface area contributed by atoms with Gasteiger partial charge >= 0.3 is 5.97 Å². The molecule has 1 amide bonds. The predicted molar refractivity (Wildman–Crippen MR) is 75.1 cm³/mol. The number of hydrogen-bond donors (Lipinski definition) is 1. The zero-order chi connectivity index (χ0) is 16.7. The number of methoxy groups -OCH3 is 2. The van der Waals surface area contributed by atoms with E-state index >= 15 is 0 Å². The molecule has 120 valence electrons.